The first-order valence-corrected chi connectivity index (χ1v) is 4.34. The average Bonchev–Trinajstić information content (AvgIpc) is 2.57. The molecule has 0 bridgehead atoms. The molecule has 0 aliphatic carbocycles. The molecule has 2 nitrogen and oxygen atoms in total. The number of hydrogen-bond donors (Lipinski definition) is 2. The van der Waals surface area contributed by atoms with Crippen molar-refractivity contribution in [3.05, 3.63) is 35.3 Å². The standard InChI is InChI=1S/C10H9FN2/c11-8-2-1-6-3-12-4-7-5-13-10(8)9(6)7/h1-2,5,12-13H,3-4H2. The molecule has 0 amide bonds. The second-order valence-corrected chi connectivity index (χ2v) is 3.37. The van der Waals surface area contributed by atoms with Crippen LogP contribution in [0.5, 0.6) is 0 Å². The van der Waals surface area contributed by atoms with Crippen LogP contribution in [0.1, 0.15) is 11.1 Å². The highest BCUT2D eigenvalue weighted by Gasteiger charge is 2.15. The summed E-state index contributed by atoms with van der Waals surface area (Å²) in [6, 6.07) is 3.37. The Morgan fingerprint density at radius 1 is 1.15 bits per heavy atom. The lowest BCUT2D eigenvalue weighted by Crippen LogP contribution is -2.17. The van der Waals surface area contributed by atoms with Gasteiger partial charge in [-0.15, -0.1) is 0 Å². The summed E-state index contributed by atoms with van der Waals surface area (Å²) >= 11 is 0. The average molecular weight is 176 g/mol. The molecule has 2 aromatic rings. The quantitative estimate of drug-likeness (QED) is 0.630. The monoisotopic (exact) mass is 176 g/mol. The molecule has 2 heterocycles. The van der Waals surface area contributed by atoms with Crippen molar-refractivity contribution >= 4 is 10.9 Å². The summed E-state index contributed by atoms with van der Waals surface area (Å²) in [6.07, 6.45) is 1.88. The van der Waals surface area contributed by atoms with E-state index in [-0.39, 0.29) is 5.82 Å². The fraction of sp³-hybridized carbons (Fsp3) is 0.200. The normalized spacial score (nSPS) is 15.2. The zero-order valence-electron chi connectivity index (χ0n) is 7.02. The molecule has 0 saturated heterocycles. The topological polar surface area (TPSA) is 27.8 Å². The Kier molecular flexibility index (Phi) is 1.27. The van der Waals surface area contributed by atoms with Gasteiger partial charge in [0.2, 0.25) is 0 Å². The Morgan fingerprint density at radius 3 is 2.92 bits per heavy atom. The molecule has 0 fully saturated rings. The first-order valence-electron chi connectivity index (χ1n) is 4.34. The van der Waals surface area contributed by atoms with Gasteiger partial charge < -0.3 is 10.3 Å². The second kappa shape index (κ2) is 2.33. The predicted octanol–water partition coefficient (Wildman–Crippen LogP) is 1.91. The number of halogens is 1. The van der Waals surface area contributed by atoms with Crippen LogP contribution in [-0.2, 0) is 13.1 Å². The summed E-state index contributed by atoms with van der Waals surface area (Å²) in [6.45, 7) is 1.66. The van der Waals surface area contributed by atoms with Crippen molar-refractivity contribution in [2.24, 2.45) is 0 Å². The minimum atomic E-state index is -0.160. The first kappa shape index (κ1) is 7.09. The summed E-state index contributed by atoms with van der Waals surface area (Å²) < 4.78 is 13.3. The Hall–Kier alpha value is -1.35. The van der Waals surface area contributed by atoms with Crippen LogP contribution in [0.2, 0.25) is 0 Å². The van der Waals surface area contributed by atoms with Crippen molar-refractivity contribution < 1.29 is 4.39 Å². The van der Waals surface area contributed by atoms with Crippen LogP contribution in [-0.4, -0.2) is 4.98 Å². The smallest absolute Gasteiger partial charge is 0.147 e. The van der Waals surface area contributed by atoms with E-state index in [1.54, 1.807) is 0 Å². The highest BCUT2D eigenvalue weighted by Crippen LogP contribution is 2.27. The SMILES string of the molecule is Fc1ccc2c3c(c[nH]c13)CNC2. The minimum Gasteiger partial charge on any atom is -0.358 e. The third-order valence-corrected chi connectivity index (χ3v) is 2.58. The Morgan fingerprint density at radius 2 is 2.00 bits per heavy atom. The molecule has 1 aromatic heterocycles. The summed E-state index contributed by atoms with van der Waals surface area (Å²) in [5, 5.41) is 4.33. The molecule has 0 radical (unpaired) electrons. The van der Waals surface area contributed by atoms with Crippen molar-refractivity contribution in [1.82, 2.24) is 10.3 Å². The van der Waals surface area contributed by atoms with Crippen LogP contribution in [0, 0.1) is 5.82 Å². The third kappa shape index (κ3) is 0.848. The van der Waals surface area contributed by atoms with Gasteiger partial charge in [-0.1, -0.05) is 6.07 Å². The summed E-state index contributed by atoms with van der Waals surface area (Å²) in [4.78, 5) is 2.97. The molecule has 3 heteroatoms. The van der Waals surface area contributed by atoms with Gasteiger partial charge in [-0.3, -0.25) is 0 Å². The van der Waals surface area contributed by atoms with Gasteiger partial charge in [0.15, 0.2) is 0 Å². The molecular formula is C10H9FN2. The summed E-state index contributed by atoms with van der Waals surface area (Å²) in [5.41, 5.74) is 2.99. The Labute approximate surface area is 74.8 Å². The van der Waals surface area contributed by atoms with E-state index in [1.807, 2.05) is 12.3 Å². The molecule has 1 aliphatic heterocycles. The minimum absolute atomic E-state index is 0.160. The lowest BCUT2D eigenvalue weighted by atomic mass is 10.0. The van der Waals surface area contributed by atoms with Crippen LogP contribution >= 0.6 is 0 Å². The van der Waals surface area contributed by atoms with E-state index in [1.165, 1.54) is 11.6 Å². The lowest BCUT2D eigenvalue weighted by Gasteiger charge is -2.13. The second-order valence-electron chi connectivity index (χ2n) is 3.37. The molecule has 0 atom stereocenters. The van der Waals surface area contributed by atoms with Crippen LogP contribution in [0.4, 0.5) is 4.39 Å². The molecule has 0 unspecified atom stereocenters. The predicted molar refractivity (Wildman–Crippen MR) is 48.8 cm³/mol. The van der Waals surface area contributed by atoms with E-state index in [9.17, 15) is 4.39 Å². The largest absolute Gasteiger partial charge is 0.358 e. The molecule has 1 aromatic carbocycles. The number of rotatable bonds is 0. The van der Waals surface area contributed by atoms with Gasteiger partial charge in [-0.25, -0.2) is 4.39 Å². The van der Waals surface area contributed by atoms with Gasteiger partial charge >= 0.3 is 0 Å². The summed E-state index contributed by atoms with van der Waals surface area (Å²) in [7, 11) is 0. The van der Waals surface area contributed by atoms with E-state index < -0.39 is 0 Å². The third-order valence-electron chi connectivity index (χ3n) is 2.58. The maximum atomic E-state index is 13.3. The van der Waals surface area contributed by atoms with E-state index in [0.29, 0.717) is 5.52 Å². The maximum absolute atomic E-state index is 13.3. The van der Waals surface area contributed by atoms with Crippen LogP contribution in [0.3, 0.4) is 0 Å². The maximum Gasteiger partial charge on any atom is 0.147 e. The van der Waals surface area contributed by atoms with Gasteiger partial charge in [0.1, 0.15) is 5.82 Å². The van der Waals surface area contributed by atoms with Gasteiger partial charge in [0, 0.05) is 24.7 Å². The van der Waals surface area contributed by atoms with E-state index >= 15 is 0 Å². The van der Waals surface area contributed by atoms with Gasteiger partial charge in [-0.05, 0) is 17.2 Å². The first-order chi connectivity index (χ1) is 6.36. The summed E-state index contributed by atoms with van der Waals surface area (Å²) in [5.74, 6) is -0.160. The number of aromatic amines is 1. The molecule has 0 saturated carbocycles. The van der Waals surface area contributed by atoms with Crippen LogP contribution < -0.4 is 5.32 Å². The zero-order chi connectivity index (χ0) is 8.84. The number of hydrogen-bond acceptors (Lipinski definition) is 1. The molecule has 0 spiro atoms. The molecule has 66 valence electrons. The van der Waals surface area contributed by atoms with Gasteiger partial charge in [0.05, 0.1) is 5.52 Å². The number of nitrogens with one attached hydrogen (secondary N) is 2. The lowest BCUT2D eigenvalue weighted by molar-refractivity contribution is 0.634. The molecule has 2 N–H and O–H groups in total. The van der Waals surface area contributed by atoms with Crippen molar-refractivity contribution in [2.45, 2.75) is 13.1 Å². The van der Waals surface area contributed by atoms with Crippen LogP contribution in [0.25, 0.3) is 10.9 Å². The van der Waals surface area contributed by atoms with E-state index in [2.05, 4.69) is 10.3 Å². The molecule has 3 rings (SSSR count). The Balaban J connectivity index is 2.50. The number of H-pyrrole nitrogens is 1. The van der Waals surface area contributed by atoms with Crippen molar-refractivity contribution in [3.8, 4) is 0 Å². The van der Waals surface area contributed by atoms with Crippen molar-refractivity contribution in [2.75, 3.05) is 0 Å². The van der Waals surface area contributed by atoms with Crippen LogP contribution in [0.15, 0.2) is 18.3 Å². The van der Waals surface area contributed by atoms with Gasteiger partial charge in [0.25, 0.3) is 0 Å². The molecular weight excluding hydrogens is 167 g/mol. The molecule has 13 heavy (non-hydrogen) atoms. The fourth-order valence-corrected chi connectivity index (χ4v) is 1.98. The molecule has 1 aliphatic rings. The highest BCUT2D eigenvalue weighted by molar-refractivity contribution is 5.87. The van der Waals surface area contributed by atoms with E-state index in [0.717, 1.165) is 24.0 Å². The highest BCUT2D eigenvalue weighted by atomic mass is 19.1. The number of aromatic nitrogens is 1. The van der Waals surface area contributed by atoms with Gasteiger partial charge in [-0.2, -0.15) is 0 Å². The van der Waals surface area contributed by atoms with Crippen molar-refractivity contribution in [3.63, 3.8) is 0 Å². The number of benzene rings is 1. The zero-order valence-corrected chi connectivity index (χ0v) is 7.02. The fourth-order valence-electron chi connectivity index (χ4n) is 1.98. The van der Waals surface area contributed by atoms with E-state index in [4.69, 9.17) is 0 Å². The van der Waals surface area contributed by atoms with Crippen molar-refractivity contribution in [1.29, 1.82) is 0 Å². The Bertz CT molecular complexity index is 473.